The minimum absolute atomic E-state index is 0.00231. The van der Waals surface area contributed by atoms with Gasteiger partial charge >= 0.3 is 0 Å². The second-order valence-electron chi connectivity index (χ2n) is 9.43. The molecular formula is C27H36FN3O5S. The average Bonchev–Trinajstić information content (AvgIpc) is 3.38. The van der Waals surface area contributed by atoms with Crippen LogP contribution in [0.5, 0.6) is 5.75 Å². The summed E-state index contributed by atoms with van der Waals surface area (Å²) in [6.45, 7) is 1.85. The van der Waals surface area contributed by atoms with Crippen molar-refractivity contribution in [3.05, 3.63) is 59.9 Å². The molecule has 10 heteroatoms. The van der Waals surface area contributed by atoms with E-state index in [1.165, 1.54) is 23.1 Å². The summed E-state index contributed by atoms with van der Waals surface area (Å²) >= 11 is 0. The Hall–Kier alpha value is -3.14. The molecule has 3 rings (SSSR count). The van der Waals surface area contributed by atoms with Crippen LogP contribution in [0, 0.1) is 5.82 Å². The van der Waals surface area contributed by atoms with Crippen molar-refractivity contribution in [2.75, 3.05) is 24.2 Å². The van der Waals surface area contributed by atoms with Gasteiger partial charge in [0, 0.05) is 25.6 Å². The maximum atomic E-state index is 14.3. The Bertz CT molecular complexity index is 1170. The Morgan fingerprint density at radius 2 is 1.76 bits per heavy atom. The first-order valence-corrected chi connectivity index (χ1v) is 14.4. The number of halogens is 1. The SMILES string of the molecule is COc1ccc(CN(C(=O)CCCN(c2ccccc2F)S(C)(=O)=O)C(C)C(=O)NC2CCCC2)cc1. The summed E-state index contributed by atoms with van der Waals surface area (Å²) in [6, 6.07) is 12.3. The minimum atomic E-state index is -3.76. The van der Waals surface area contributed by atoms with Crippen molar-refractivity contribution in [1.29, 1.82) is 0 Å². The monoisotopic (exact) mass is 533 g/mol. The topological polar surface area (TPSA) is 96.0 Å². The lowest BCUT2D eigenvalue weighted by atomic mass is 10.1. The summed E-state index contributed by atoms with van der Waals surface area (Å²) in [7, 11) is -2.19. The third kappa shape index (κ3) is 7.92. The zero-order valence-corrected chi connectivity index (χ0v) is 22.5. The van der Waals surface area contributed by atoms with Crippen molar-refractivity contribution in [3.8, 4) is 5.75 Å². The van der Waals surface area contributed by atoms with Crippen LogP contribution in [0.1, 0.15) is 51.0 Å². The van der Waals surface area contributed by atoms with Gasteiger partial charge in [0.25, 0.3) is 0 Å². The molecule has 0 heterocycles. The average molecular weight is 534 g/mol. The summed E-state index contributed by atoms with van der Waals surface area (Å²) in [4.78, 5) is 27.9. The van der Waals surface area contributed by atoms with E-state index in [1.807, 2.05) is 12.1 Å². The molecule has 0 saturated heterocycles. The van der Waals surface area contributed by atoms with Gasteiger partial charge in [0.1, 0.15) is 17.6 Å². The smallest absolute Gasteiger partial charge is 0.242 e. The van der Waals surface area contributed by atoms with E-state index in [2.05, 4.69) is 5.32 Å². The van der Waals surface area contributed by atoms with Crippen molar-refractivity contribution >= 4 is 27.5 Å². The normalized spacial score (nSPS) is 14.7. The molecular weight excluding hydrogens is 497 g/mol. The van der Waals surface area contributed by atoms with Crippen LogP contribution >= 0.6 is 0 Å². The summed E-state index contributed by atoms with van der Waals surface area (Å²) in [5.41, 5.74) is 0.774. The van der Waals surface area contributed by atoms with Crippen molar-refractivity contribution in [2.45, 2.75) is 64.1 Å². The van der Waals surface area contributed by atoms with Gasteiger partial charge in [-0.25, -0.2) is 12.8 Å². The number of para-hydroxylation sites is 1. The first kappa shape index (κ1) is 28.4. The standard InChI is InChI=1S/C27H36FN3O5S/c1-20(27(33)29-22-9-4-5-10-22)30(19-21-14-16-23(36-2)17-15-21)26(32)13-8-18-31(37(3,34)35)25-12-7-6-11-24(25)28/h6-7,11-12,14-17,20,22H,4-5,8-10,13,18-19H2,1-3H3,(H,29,33). The highest BCUT2D eigenvalue weighted by Gasteiger charge is 2.29. The third-order valence-electron chi connectivity index (χ3n) is 6.65. The minimum Gasteiger partial charge on any atom is -0.497 e. The van der Waals surface area contributed by atoms with Gasteiger partial charge in [-0.05, 0) is 56.0 Å². The zero-order valence-electron chi connectivity index (χ0n) is 21.7. The maximum absolute atomic E-state index is 14.3. The van der Waals surface area contributed by atoms with Gasteiger partial charge in [0.15, 0.2) is 0 Å². The fraction of sp³-hybridized carbons (Fsp3) is 0.481. The second-order valence-corrected chi connectivity index (χ2v) is 11.3. The van der Waals surface area contributed by atoms with Gasteiger partial charge in [0.05, 0.1) is 19.1 Å². The van der Waals surface area contributed by atoms with Crippen LogP contribution in [-0.2, 0) is 26.2 Å². The number of benzene rings is 2. The van der Waals surface area contributed by atoms with Crippen molar-refractivity contribution in [1.82, 2.24) is 10.2 Å². The van der Waals surface area contributed by atoms with Crippen LogP contribution in [0.15, 0.2) is 48.5 Å². The molecule has 1 aliphatic carbocycles. The second kappa shape index (κ2) is 12.9. The molecule has 1 fully saturated rings. The predicted octanol–water partition coefficient (Wildman–Crippen LogP) is 3.86. The highest BCUT2D eigenvalue weighted by atomic mass is 32.2. The number of carbonyl (C=O) groups is 2. The molecule has 1 atom stereocenters. The van der Waals surface area contributed by atoms with Gasteiger partial charge in [-0.15, -0.1) is 0 Å². The van der Waals surface area contributed by atoms with E-state index in [4.69, 9.17) is 4.74 Å². The summed E-state index contributed by atoms with van der Waals surface area (Å²) in [5, 5.41) is 3.06. The Balaban J connectivity index is 1.72. The van der Waals surface area contributed by atoms with Crippen LogP contribution in [0.25, 0.3) is 0 Å². The Morgan fingerprint density at radius 3 is 2.35 bits per heavy atom. The third-order valence-corrected chi connectivity index (χ3v) is 7.83. The number of amides is 2. The molecule has 0 bridgehead atoms. The number of hydrogen-bond donors (Lipinski definition) is 1. The molecule has 37 heavy (non-hydrogen) atoms. The van der Waals surface area contributed by atoms with E-state index in [-0.39, 0.29) is 49.5 Å². The van der Waals surface area contributed by atoms with Crippen molar-refractivity contribution in [3.63, 3.8) is 0 Å². The number of ether oxygens (including phenoxy) is 1. The number of hydrogen-bond acceptors (Lipinski definition) is 5. The molecule has 1 saturated carbocycles. The van der Waals surface area contributed by atoms with Gasteiger partial charge in [-0.3, -0.25) is 13.9 Å². The molecule has 1 aliphatic rings. The highest BCUT2D eigenvalue weighted by Crippen LogP contribution is 2.23. The Labute approximate surface area is 218 Å². The maximum Gasteiger partial charge on any atom is 0.242 e. The zero-order chi connectivity index (χ0) is 27.0. The van der Waals surface area contributed by atoms with Crippen LogP contribution in [0.4, 0.5) is 10.1 Å². The first-order valence-electron chi connectivity index (χ1n) is 12.5. The van der Waals surface area contributed by atoms with Crippen LogP contribution in [0.3, 0.4) is 0 Å². The highest BCUT2D eigenvalue weighted by molar-refractivity contribution is 7.92. The molecule has 2 amide bonds. The molecule has 8 nitrogen and oxygen atoms in total. The van der Waals surface area contributed by atoms with Gasteiger partial charge < -0.3 is 15.0 Å². The van der Waals surface area contributed by atoms with E-state index in [0.717, 1.165) is 41.8 Å². The first-order chi connectivity index (χ1) is 17.6. The van der Waals surface area contributed by atoms with Gasteiger partial charge in [0.2, 0.25) is 21.8 Å². The molecule has 2 aromatic carbocycles. The molecule has 202 valence electrons. The number of sulfonamides is 1. The number of nitrogens with zero attached hydrogens (tertiary/aromatic N) is 2. The molecule has 0 aliphatic heterocycles. The predicted molar refractivity (Wildman–Crippen MR) is 141 cm³/mol. The molecule has 0 aromatic heterocycles. The number of rotatable bonds is 12. The summed E-state index contributed by atoms with van der Waals surface area (Å²) < 4.78 is 45.2. The van der Waals surface area contributed by atoms with E-state index < -0.39 is 21.9 Å². The molecule has 2 aromatic rings. The van der Waals surface area contributed by atoms with Crippen molar-refractivity contribution < 1.29 is 27.1 Å². The van der Waals surface area contributed by atoms with E-state index in [0.29, 0.717) is 5.75 Å². The van der Waals surface area contributed by atoms with Gasteiger partial charge in [-0.1, -0.05) is 37.1 Å². The molecule has 1 N–H and O–H groups in total. The lowest BCUT2D eigenvalue weighted by Crippen LogP contribution is -2.49. The fourth-order valence-corrected chi connectivity index (χ4v) is 5.50. The van der Waals surface area contributed by atoms with E-state index >= 15 is 0 Å². The fourth-order valence-electron chi connectivity index (χ4n) is 4.54. The van der Waals surface area contributed by atoms with Crippen LogP contribution in [0.2, 0.25) is 0 Å². The van der Waals surface area contributed by atoms with E-state index in [1.54, 1.807) is 32.2 Å². The number of methoxy groups -OCH3 is 1. The van der Waals surface area contributed by atoms with Gasteiger partial charge in [-0.2, -0.15) is 0 Å². The molecule has 0 radical (unpaired) electrons. The summed E-state index contributed by atoms with van der Waals surface area (Å²) in [6.07, 6.45) is 5.19. The Kier molecular flexibility index (Phi) is 9.91. The Morgan fingerprint density at radius 1 is 1.11 bits per heavy atom. The lowest BCUT2D eigenvalue weighted by molar-refractivity contribution is -0.141. The molecule has 1 unspecified atom stereocenters. The van der Waals surface area contributed by atoms with E-state index in [9.17, 15) is 22.4 Å². The number of nitrogens with one attached hydrogen (secondary N) is 1. The lowest BCUT2D eigenvalue weighted by Gasteiger charge is -2.30. The summed E-state index contributed by atoms with van der Waals surface area (Å²) in [5.74, 6) is -0.468. The molecule has 0 spiro atoms. The quantitative estimate of drug-likeness (QED) is 0.447. The number of anilines is 1. The van der Waals surface area contributed by atoms with Crippen LogP contribution in [-0.4, -0.2) is 57.1 Å². The largest absolute Gasteiger partial charge is 0.497 e. The van der Waals surface area contributed by atoms with Crippen molar-refractivity contribution in [2.24, 2.45) is 0 Å². The van der Waals surface area contributed by atoms with Crippen LogP contribution < -0.4 is 14.4 Å². The number of carbonyl (C=O) groups excluding carboxylic acids is 2.